The summed E-state index contributed by atoms with van der Waals surface area (Å²) in [5, 5.41) is 0. The van der Waals surface area contributed by atoms with Crippen molar-refractivity contribution < 1.29 is 13.5 Å². The van der Waals surface area contributed by atoms with Gasteiger partial charge < -0.3 is 4.74 Å². The molecule has 0 aliphatic carbocycles. The Hall–Kier alpha value is -1.22. The normalized spacial score (nSPS) is 22.2. The number of benzene rings is 1. The molecule has 1 heterocycles. The molecule has 0 amide bonds. The summed E-state index contributed by atoms with van der Waals surface area (Å²) in [5.74, 6) is 0. The number of ether oxygens (including phenoxy) is 1. The van der Waals surface area contributed by atoms with Crippen LogP contribution in [0.3, 0.4) is 0 Å². The van der Waals surface area contributed by atoms with Crippen molar-refractivity contribution in [2.45, 2.75) is 32.8 Å². The summed E-state index contributed by atoms with van der Waals surface area (Å²) in [6.45, 7) is 3.74. The molecule has 1 saturated heterocycles. The zero-order chi connectivity index (χ0) is 13.2. The van der Waals surface area contributed by atoms with Gasteiger partial charge in [0.1, 0.15) is 0 Å². The van der Waals surface area contributed by atoms with Crippen LogP contribution in [0.4, 0.5) is 8.78 Å². The Balaban J connectivity index is 2.02. The highest BCUT2D eigenvalue weighted by molar-refractivity contribution is 5.21. The van der Waals surface area contributed by atoms with Crippen LogP contribution in [0.25, 0.3) is 0 Å². The molecule has 0 saturated carbocycles. The lowest BCUT2D eigenvalue weighted by Crippen LogP contribution is -2.26. The fraction of sp³-hybridized carbons (Fsp3) is 0.467. The second-order valence-corrected chi connectivity index (χ2v) is 5.28. The minimum atomic E-state index is -1.58. The molecule has 0 bridgehead atoms. The van der Waals surface area contributed by atoms with E-state index in [4.69, 9.17) is 4.74 Å². The van der Waals surface area contributed by atoms with Gasteiger partial charge in [-0.25, -0.2) is 0 Å². The van der Waals surface area contributed by atoms with Gasteiger partial charge in [0.25, 0.3) is 6.08 Å². The van der Waals surface area contributed by atoms with Crippen LogP contribution < -0.4 is 0 Å². The third-order valence-corrected chi connectivity index (χ3v) is 3.78. The lowest BCUT2D eigenvalue weighted by atomic mass is 9.80. The Morgan fingerprint density at radius 2 is 1.94 bits per heavy atom. The van der Waals surface area contributed by atoms with Crippen LogP contribution in [0.5, 0.6) is 0 Å². The van der Waals surface area contributed by atoms with Gasteiger partial charge >= 0.3 is 0 Å². The minimum Gasteiger partial charge on any atom is -0.373 e. The van der Waals surface area contributed by atoms with E-state index < -0.39 is 11.5 Å². The summed E-state index contributed by atoms with van der Waals surface area (Å²) < 4.78 is 31.1. The van der Waals surface area contributed by atoms with E-state index in [0.717, 1.165) is 12.8 Å². The van der Waals surface area contributed by atoms with E-state index in [9.17, 15) is 8.78 Å². The van der Waals surface area contributed by atoms with E-state index in [-0.39, 0.29) is 18.3 Å². The number of hydrogen-bond acceptors (Lipinski definition) is 1. The first-order valence-corrected chi connectivity index (χ1v) is 6.22. The number of hydrogen-bond donors (Lipinski definition) is 0. The highest BCUT2D eigenvalue weighted by atomic mass is 19.3. The molecule has 0 radical (unpaired) electrons. The van der Waals surface area contributed by atoms with E-state index >= 15 is 0 Å². The molecule has 2 rings (SSSR count). The molecule has 1 aromatic rings. The van der Waals surface area contributed by atoms with Gasteiger partial charge in [-0.05, 0) is 18.4 Å². The Morgan fingerprint density at radius 1 is 1.28 bits per heavy atom. The van der Waals surface area contributed by atoms with Gasteiger partial charge in [0.2, 0.25) is 0 Å². The van der Waals surface area contributed by atoms with E-state index in [0.29, 0.717) is 0 Å². The molecule has 3 heteroatoms. The van der Waals surface area contributed by atoms with Gasteiger partial charge in [-0.2, -0.15) is 8.78 Å². The zero-order valence-electron chi connectivity index (χ0n) is 10.7. The smallest absolute Gasteiger partial charge is 0.272 e. The highest BCUT2D eigenvalue weighted by Gasteiger charge is 2.42. The van der Waals surface area contributed by atoms with Crippen LogP contribution >= 0.6 is 0 Å². The van der Waals surface area contributed by atoms with E-state index in [1.165, 1.54) is 5.56 Å². The summed E-state index contributed by atoms with van der Waals surface area (Å²) in [6.07, 6.45) is -0.0828. The van der Waals surface area contributed by atoms with Crippen LogP contribution in [0.1, 0.15) is 25.8 Å². The van der Waals surface area contributed by atoms with Gasteiger partial charge in [-0.15, -0.1) is 0 Å². The third kappa shape index (κ3) is 2.61. The first-order chi connectivity index (χ1) is 8.51. The van der Waals surface area contributed by atoms with Crippen molar-refractivity contribution in [3.63, 3.8) is 0 Å². The molecule has 1 aliphatic heterocycles. The summed E-state index contributed by atoms with van der Waals surface area (Å²) in [7, 11) is 0. The Morgan fingerprint density at radius 3 is 2.50 bits per heavy atom. The van der Waals surface area contributed by atoms with Gasteiger partial charge in [-0.3, -0.25) is 0 Å². The molecule has 1 aliphatic rings. The molecule has 1 fully saturated rings. The van der Waals surface area contributed by atoms with E-state index in [1.54, 1.807) is 0 Å². The molecular formula is C15H18F2O. The second-order valence-electron chi connectivity index (χ2n) is 5.28. The Labute approximate surface area is 106 Å². The van der Waals surface area contributed by atoms with Crippen molar-refractivity contribution in [3.8, 4) is 0 Å². The summed E-state index contributed by atoms with van der Waals surface area (Å²) in [4.78, 5) is 0. The van der Waals surface area contributed by atoms with Crippen molar-refractivity contribution >= 4 is 0 Å². The van der Waals surface area contributed by atoms with E-state index in [2.05, 4.69) is 12.1 Å². The highest BCUT2D eigenvalue weighted by Crippen LogP contribution is 2.42. The average molecular weight is 252 g/mol. The van der Waals surface area contributed by atoms with Crippen molar-refractivity contribution in [3.05, 3.63) is 47.5 Å². The van der Waals surface area contributed by atoms with Gasteiger partial charge in [0.05, 0.1) is 12.7 Å². The molecule has 98 valence electrons. The van der Waals surface area contributed by atoms with Crippen molar-refractivity contribution in [2.75, 3.05) is 6.61 Å². The zero-order valence-corrected chi connectivity index (χ0v) is 10.7. The average Bonchev–Trinajstić information content (AvgIpc) is 2.63. The predicted octanol–water partition coefficient (Wildman–Crippen LogP) is 4.19. The van der Waals surface area contributed by atoms with Crippen LogP contribution in [0.2, 0.25) is 0 Å². The largest absolute Gasteiger partial charge is 0.373 e. The first-order valence-electron chi connectivity index (χ1n) is 6.22. The molecule has 1 nitrogen and oxygen atoms in total. The maximum absolute atomic E-state index is 12.8. The fourth-order valence-corrected chi connectivity index (χ4v) is 2.46. The van der Waals surface area contributed by atoms with Crippen LogP contribution in [0, 0.1) is 5.41 Å². The number of rotatable bonds is 3. The molecule has 1 atom stereocenters. The van der Waals surface area contributed by atoms with Crippen molar-refractivity contribution in [2.24, 2.45) is 5.41 Å². The Bertz CT molecular complexity index is 433. The molecule has 0 aromatic heterocycles. The minimum absolute atomic E-state index is 0.0643. The van der Waals surface area contributed by atoms with Crippen LogP contribution in [-0.4, -0.2) is 12.7 Å². The van der Waals surface area contributed by atoms with Crippen molar-refractivity contribution in [1.82, 2.24) is 0 Å². The maximum atomic E-state index is 12.8. The summed E-state index contributed by atoms with van der Waals surface area (Å²) in [5.41, 5.74) is 0.809. The molecule has 1 aromatic carbocycles. The number of aryl methyl sites for hydroxylation is 1. The van der Waals surface area contributed by atoms with E-state index in [1.807, 2.05) is 32.0 Å². The first kappa shape index (κ1) is 13.2. The summed E-state index contributed by atoms with van der Waals surface area (Å²) >= 11 is 0. The molecule has 0 spiro atoms. The topological polar surface area (TPSA) is 9.23 Å². The monoisotopic (exact) mass is 252 g/mol. The Kier molecular flexibility index (Phi) is 3.81. The quantitative estimate of drug-likeness (QED) is 0.783. The molecule has 18 heavy (non-hydrogen) atoms. The lowest BCUT2D eigenvalue weighted by Gasteiger charge is -2.26. The summed E-state index contributed by atoms with van der Waals surface area (Å²) in [6, 6.07) is 10.0. The lowest BCUT2D eigenvalue weighted by molar-refractivity contribution is 0.0577. The van der Waals surface area contributed by atoms with Gasteiger partial charge in [-0.1, -0.05) is 44.2 Å². The molecule has 1 unspecified atom stereocenters. The fourth-order valence-electron chi connectivity index (χ4n) is 2.46. The molecule has 0 N–H and O–H groups in total. The second kappa shape index (κ2) is 5.19. The third-order valence-electron chi connectivity index (χ3n) is 3.78. The maximum Gasteiger partial charge on any atom is 0.272 e. The standard InChI is InChI=1S/C15H18F2O/c1-15(2)12(14(16)17)10-18-13(15)9-8-11-6-4-3-5-7-11/h3-7,13H,8-10H2,1-2H3. The van der Waals surface area contributed by atoms with Gasteiger partial charge in [0.15, 0.2) is 0 Å². The van der Waals surface area contributed by atoms with Crippen LogP contribution in [0.15, 0.2) is 42.0 Å². The van der Waals surface area contributed by atoms with Gasteiger partial charge in [0, 0.05) is 11.0 Å². The predicted molar refractivity (Wildman–Crippen MR) is 67.5 cm³/mol. The van der Waals surface area contributed by atoms with Crippen molar-refractivity contribution in [1.29, 1.82) is 0 Å². The van der Waals surface area contributed by atoms with Crippen LogP contribution in [-0.2, 0) is 11.2 Å². The number of halogens is 2. The SMILES string of the molecule is CC1(C)C(=C(F)F)COC1CCc1ccccc1. The molecular weight excluding hydrogens is 234 g/mol.